The van der Waals surface area contributed by atoms with Crippen LogP contribution in [0.3, 0.4) is 0 Å². The van der Waals surface area contributed by atoms with Gasteiger partial charge >= 0.3 is 0 Å². The van der Waals surface area contributed by atoms with Crippen molar-refractivity contribution in [2.24, 2.45) is 51.8 Å². The second-order valence-corrected chi connectivity index (χ2v) is 12.6. The summed E-state index contributed by atoms with van der Waals surface area (Å²) in [6.07, 6.45) is 16.2. The van der Waals surface area contributed by atoms with E-state index >= 15 is 0 Å². The van der Waals surface area contributed by atoms with Crippen LogP contribution >= 0.6 is 0 Å². The Balaban J connectivity index is 1.38. The third kappa shape index (κ3) is 2.41. The van der Waals surface area contributed by atoms with Gasteiger partial charge in [0.25, 0.3) is 0 Å². The highest BCUT2D eigenvalue weighted by molar-refractivity contribution is 5.37. The Kier molecular flexibility index (Phi) is 4.46. The first-order valence-corrected chi connectivity index (χ1v) is 12.6. The number of aliphatic hydroxyl groups excluding tert-OH is 1. The molecule has 1 spiro atoms. The zero-order valence-electron chi connectivity index (χ0n) is 19.1. The van der Waals surface area contributed by atoms with E-state index in [2.05, 4.69) is 40.7 Å². The second-order valence-electron chi connectivity index (χ2n) is 12.6. The first-order chi connectivity index (χ1) is 13.2. The standard InChI is InChI=1S/C27H44O/c1-17(2)7-6-8-18(3)21-9-10-22-20-15-24(28)27-16-19(27)11-14-26(27,5)23(20)12-13-25(21,22)4/h15,17-19,21-24,28H,6-14,16H2,1-5H3/t18-,19-,21-,22+,23+,24-,25-,26-,27?/m1/s1. The summed E-state index contributed by atoms with van der Waals surface area (Å²) in [5.74, 6) is 4.96. The van der Waals surface area contributed by atoms with Crippen molar-refractivity contribution < 1.29 is 5.11 Å². The molecular weight excluding hydrogens is 340 g/mol. The molecule has 0 bridgehead atoms. The summed E-state index contributed by atoms with van der Waals surface area (Å²) in [4.78, 5) is 0. The predicted octanol–water partition coefficient (Wildman–Crippen LogP) is 7.00. The predicted molar refractivity (Wildman–Crippen MR) is 117 cm³/mol. The van der Waals surface area contributed by atoms with Gasteiger partial charge in [-0.05, 0) is 91.3 Å². The van der Waals surface area contributed by atoms with Crippen molar-refractivity contribution in [1.82, 2.24) is 0 Å². The Labute approximate surface area is 173 Å². The van der Waals surface area contributed by atoms with Crippen molar-refractivity contribution in [2.45, 2.75) is 105 Å². The number of aliphatic hydroxyl groups is 1. The molecule has 4 fully saturated rings. The van der Waals surface area contributed by atoms with Crippen molar-refractivity contribution in [3.63, 3.8) is 0 Å². The molecular formula is C27H44O. The Morgan fingerprint density at radius 2 is 1.79 bits per heavy atom. The van der Waals surface area contributed by atoms with Gasteiger partial charge in [0, 0.05) is 5.41 Å². The van der Waals surface area contributed by atoms with Gasteiger partial charge in [0.1, 0.15) is 0 Å². The Bertz CT molecular complexity index is 663. The molecule has 5 aliphatic rings. The molecule has 0 amide bonds. The molecule has 0 radical (unpaired) electrons. The topological polar surface area (TPSA) is 20.2 Å². The van der Waals surface area contributed by atoms with E-state index in [4.69, 9.17) is 0 Å². The molecule has 1 nitrogen and oxygen atoms in total. The molecule has 0 heterocycles. The molecule has 0 aromatic carbocycles. The number of rotatable bonds is 5. The highest BCUT2D eigenvalue weighted by Crippen LogP contribution is 2.80. The third-order valence-electron chi connectivity index (χ3n) is 11.2. The lowest BCUT2D eigenvalue weighted by Gasteiger charge is -2.56. The molecule has 158 valence electrons. The summed E-state index contributed by atoms with van der Waals surface area (Å²) in [5, 5.41) is 11.3. The van der Waals surface area contributed by atoms with Crippen molar-refractivity contribution in [3.8, 4) is 0 Å². The largest absolute Gasteiger partial charge is 0.388 e. The molecule has 4 saturated carbocycles. The van der Waals surface area contributed by atoms with Crippen LogP contribution in [0.15, 0.2) is 11.6 Å². The molecule has 0 saturated heterocycles. The summed E-state index contributed by atoms with van der Waals surface area (Å²) < 4.78 is 0. The van der Waals surface area contributed by atoms with Crippen LogP contribution in [0.1, 0.15) is 98.8 Å². The van der Waals surface area contributed by atoms with E-state index in [9.17, 15) is 5.11 Å². The molecule has 0 aliphatic heterocycles. The fourth-order valence-electron chi connectivity index (χ4n) is 9.58. The van der Waals surface area contributed by atoms with Crippen LogP contribution in [0.4, 0.5) is 0 Å². The van der Waals surface area contributed by atoms with Crippen molar-refractivity contribution in [3.05, 3.63) is 11.6 Å². The summed E-state index contributed by atoms with van der Waals surface area (Å²) in [6.45, 7) is 12.5. The first kappa shape index (κ1) is 19.7. The molecule has 5 rings (SSSR count). The van der Waals surface area contributed by atoms with Gasteiger partial charge in [-0.1, -0.05) is 65.5 Å². The van der Waals surface area contributed by atoms with Crippen LogP contribution in [0.25, 0.3) is 0 Å². The van der Waals surface area contributed by atoms with Gasteiger partial charge in [-0.3, -0.25) is 0 Å². The first-order valence-electron chi connectivity index (χ1n) is 12.6. The number of hydrogen-bond donors (Lipinski definition) is 1. The van der Waals surface area contributed by atoms with Gasteiger partial charge in [0.05, 0.1) is 6.10 Å². The van der Waals surface area contributed by atoms with Crippen LogP contribution in [-0.2, 0) is 0 Å². The van der Waals surface area contributed by atoms with Gasteiger partial charge in [-0.2, -0.15) is 0 Å². The normalized spacial score (nSPS) is 52.5. The monoisotopic (exact) mass is 384 g/mol. The fourth-order valence-corrected chi connectivity index (χ4v) is 9.58. The fraction of sp³-hybridized carbons (Fsp3) is 0.926. The maximum Gasteiger partial charge on any atom is 0.0788 e. The Morgan fingerprint density at radius 3 is 2.50 bits per heavy atom. The van der Waals surface area contributed by atoms with Crippen molar-refractivity contribution in [1.29, 1.82) is 0 Å². The zero-order valence-corrected chi connectivity index (χ0v) is 19.1. The minimum absolute atomic E-state index is 0.152. The molecule has 9 atom stereocenters. The van der Waals surface area contributed by atoms with E-state index in [1.807, 2.05) is 0 Å². The molecule has 1 unspecified atom stereocenters. The average Bonchev–Trinajstić information content (AvgIpc) is 3.15. The highest BCUT2D eigenvalue weighted by atomic mass is 16.3. The SMILES string of the molecule is CC(C)CCC[C@@H](C)[C@H]1CC[C@H]2C3=C[C@@H](O)C45C[C@H]4CC[C@]5(C)[C@H]3CC[C@]12C. The summed E-state index contributed by atoms with van der Waals surface area (Å²) >= 11 is 0. The van der Waals surface area contributed by atoms with Crippen LogP contribution < -0.4 is 0 Å². The number of fused-ring (bicyclic) bond motifs is 4. The molecule has 0 aromatic heterocycles. The van der Waals surface area contributed by atoms with E-state index in [-0.39, 0.29) is 11.5 Å². The smallest absolute Gasteiger partial charge is 0.0788 e. The Hall–Kier alpha value is -0.300. The summed E-state index contributed by atoms with van der Waals surface area (Å²) in [7, 11) is 0. The van der Waals surface area contributed by atoms with Crippen molar-refractivity contribution >= 4 is 0 Å². The molecule has 28 heavy (non-hydrogen) atoms. The van der Waals surface area contributed by atoms with Gasteiger partial charge in [-0.25, -0.2) is 0 Å². The minimum Gasteiger partial charge on any atom is -0.388 e. The average molecular weight is 385 g/mol. The van der Waals surface area contributed by atoms with Gasteiger partial charge in [-0.15, -0.1) is 0 Å². The molecule has 1 heteroatoms. The van der Waals surface area contributed by atoms with E-state index in [1.54, 1.807) is 5.57 Å². The lowest BCUT2D eigenvalue weighted by molar-refractivity contribution is -0.0383. The van der Waals surface area contributed by atoms with Gasteiger partial charge in [0.15, 0.2) is 0 Å². The quantitative estimate of drug-likeness (QED) is 0.506. The van der Waals surface area contributed by atoms with Gasteiger partial charge < -0.3 is 5.11 Å². The summed E-state index contributed by atoms with van der Waals surface area (Å²) in [5.41, 5.74) is 2.88. The van der Waals surface area contributed by atoms with E-state index < -0.39 is 0 Å². The number of allylic oxidation sites excluding steroid dienone is 1. The second kappa shape index (κ2) is 6.35. The zero-order chi connectivity index (χ0) is 19.9. The number of hydrogen-bond acceptors (Lipinski definition) is 1. The van der Waals surface area contributed by atoms with E-state index in [0.717, 1.165) is 35.5 Å². The van der Waals surface area contributed by atoms with Crippen LogP contribution in [0.2, 0.25) is 0 Å². The van der Waals surface area contributed by atoms with E-state index in [0.29, 0.717) is 10.8 Å². The van der Waals surface area contributed by atoms with Crippen LogP contribution in [0.5, 0.6) is 0 Å². The summed E-state index contributed by atoms with van der Waals surface area (Å²) in [6, 6.07) is 0. The van der Waals surface area contributed by atoms with Gasteiger partial charge in [0.2, 0.25) is 0 Å². The molecule has 1 N–H and O–H groups in total. The maximum atomic E-state index is 11.3. The molecule has 0 aromatic rings. The Morgan fingerprint density at radius 1 is 1.00 bits per heavy atom. The molecule has 5 aliphatic carbocycles. The van der Waals surface area contributed by atoms with Crippen LogP contribution in [0, 0.1) is 51.8 Å². The van der Waals surface area contributed by atoms with Crippen LogP contribution in [-0.4, -0.2) is 11.2 Å². The lowest BCUT2D eigenvalue weighted by Crippen LogP contribution is -2.51. The maximum absolute atomic E-state index is 11.3. The lowest BCUT2D eigenvalue weighted by atomic mass is 9.49. The van der Waals surface area contributed by atoms with Crippen molar-refractivity contribution in [2.75, 3.05) is 0 Å². The highest BCUT2D eigenvalue weighted by Gasteiger charge is 2.75. The minimum atomic E-state index is -0.152. The van der Waals surface area contributed by atoms with E-state index in [1.165, 1.54) is 64.2 Å². The third-order valence-corrected chi connectivity index (χ3v) is 11.2.